The normalized spacial score (nSPS) is 21.2. The van der Waals surface area contributed by atoms with Gasteiger partial charge in [-0.15, -0.1) is 0 Å². The van der Waals surface area contributed by atoms with Crippen molar-refractivity contribution >= 4 is 17.5 Å². The zero-order valence-corrected chi connectivity index (χ0v) is 10.1. The fraction of sp³-hybridized carbons (Fsp3) is 0.500. The number of carbonyl (C=O) groups is 1. The zero-order chi connectivity index (χ0) is 11.5. The van der Waals surface area contributed by atoms with Crippen LogP contribution in [0.5, 0.6) is 0 Å². The van der Waals surface area contributed by atoms with Crippen LogP contribution in [0.3, 0.4) is 0 Å². The SMILES string of the molecule is CC1CCCN(Cc2cccc(Cl)n2)C1=O. The van der Waals surface area contributed by atoms with Gasteiger partial charge in [0.1, 0.15) is 5.15 Å². The lowest BCUT2D eigenvalue weighted by Gasteiger charge is -2.30. The van der Waals surface area contributed by atoms with Crippen LogP contribution in [-0.4, -0.2) is 22.3 Å². The summed E-state index contributed by atoms with van der Waals surface area (Å²) in [7, 11) is 0. The van der Waals surface area contributed by atoms with Gasteiger partial charge in [-0.2, -0.15) is 0 Å². The predicted octanol–water partition coefficient (Wildman–Crippen LogP) is 2.49. The molecule has 0 radical (unpaired) electrons. The molecule has 0 N–H and O–H groups in total. The Morgan fingerprint density at radius 1 is 1.56 bits per heavy atom. The zero-order valence-electron chi connectivity index (χ0n) is 9.32. The van der Waals surface area contributed by atoms with Crippen molar-refractivity contribution in [2.45, 2.75) is 26.3 Å². The molecule has 2 rings (SSSR count). The Kier molecular flexibility index (Phi) is 3.44. The van der Waals surface area contributed by atoms with Crippen molar-refractivity contribution in [1.82, 2.24) is 9.88 Å². The largest absolute Gasteiger partial charge is 0.337 e. The second kappa shape index (κ2) is 4.83. The number of halogens is 1. The number of hydrogen-bond acceptors (Lipinski definition) is 2. The highest BCUT2D eigenvalue weighted by molar-refractivity contribution is 6.29. The first-order valence-corrected chi connectivity index (χ1v) is 5.95. The van der Waals surface area contributed by atoms with Crippen molar-refractivity contribution in [3.05, 3.63) is 29.0 Å². The van der Waals surface area contributed by atoms with E-state index in [1.807, 2.05) is 24.0 Å². The minimum atomic E-state index is 0.146. The van der Waals surface area contributed by atoms with E-state index >= 15 is 0 Å². The van der Waals surface area contributed by atoms with E-state index in [9.17, 15) is 4.79 Å². The molecule has 0 aromatic carbocycles. The van der Waals surface area contributed by atoms with Crippen molar-refractivity contribution in [1.29, 1.82) is 0 Å². The van der Waals surface area contributed by atoms with Gasteiger partial charge in [0.15, 0.2) is 0 Å². The third-order valence-electron chi connectivity index (χ3n) is 2.92. The highest BCUT2D eigenvalue weighted by Gasteiger charge is 2.25. The molecule has 16 heavy (non-hydrogen) atoms. The molecule has 86 valence electrons. The summed E-state index contributed by atoms with van der Waals surface area (Å²) < 4.78 is 0. The van der Waals surface area contributed by atoms with Crippen LogP contribution in [0.1, 0.15) is 25.5 Å². The summed E-state index contributed by atoms with van der Waals surface area (Å²) >= 11 is 5.81. The van der Waals surface area contributed by atoms with E-state index in [4.69, 9.17) is 11.6 Å². The predicted molar refractivity (Wildman–Crippen MR) is 63.1 cm³/mol. The molecule has 4 heteroatoms. The lowest BCUT2D eigenvalue weighted by atomic mass is 9.99. The van der Waals surface area contributed by atoms with Crippen molar-refractivity contribution in [3.63, 3.8) is 0 Å². The molecule has 0 spiro atoms. The Hall–Kier alpha value is -1.09. The van der Waals surface area contributed by atoms with Gasteiger partial charge in [-0.25, -0.2) is 4.98 Å². The highest BCUT2D eigenvalue weighted by atomic mass is 35.5. The number of nitrogens with zero attached hydrogens (tertiary/aromatic N) is 2. The molecular formula is C12H15ClN2O. The van der Waals surface area contributed by atoms with E-state index < -0.39 is 0 Å². The number of carbonyl (C=O) groups excluding carboxylic acids is 1. The second-order valence-corrected chi connectivity index (χ2v) is 4.64. The van der Waals surface area contributed by atoms with E-state index in [2.05, 4.69) is 4.98 Å². The minimum absolute atomic E-state index is 0.146. The monoisotopic (exact) mass is 238 g/mol. The van der Waals surface area contributed by atoms with Crippen molar-refractivity contribution < 1.29 is 4.79 Å². The number of piperidine rings is 1. The van der Waals surface area contributed by atoms with Gasteiger partial charge >= 0.3 is 0 Å². The summed E-state index contributed by atoms with van der Waals surface area (Å²) in [6.07, 6.45) is 2.08. The van der Waals surface area contributed by atoms with Crippen LogP contribution < -0.4 is 0 Å². The molecule has 0 saturated carbocycles. The summed E-state index contributed by atoms with van der Waals surface area (Å²) in [5, 5.41) is 0.481. The maximum absolute atomic E-state index is 11.9. The van der Waals surface area contributed by atoms with Crippen LogP contribution in [0, 0.1) is 5.92 Å². The first kappa shape index (κ1) is 11.4. The maximum atomic E-state index is 11.9. The molecule has 1 unspecified atom stereocenters. The summed E-state index contributed by atoms with van der Waals surface area (Å²) in [5.74, 6) is 0.376. The number of amides is 1. The summed E-state index contributed by atoms with van der Waals surface area (Å²) in [6.45, 7) is 3.39. The third-order valence-corrected chi connectivity index (χ3v) is 3.13. The molecule has 0 aliphatic carbocycles. The number of pyridine rings is 1. The molecule has 1 aliphatic heterocycles. The lowest BCUT2D eigenvalue weighted by molar-refractivity contribution is -0.138. The minimum Gasteiger partial charge on any atom is -0.337 e. The average Bonchev–Trinajstić information content (AvgIpc) is 2.25. The molecule has 0 bridgehead atoms. The number of rotatable bonds is 2. The molecule has 1 aromatic rings. The average molecular weight is 239 g/mol. The number of aromatic nitrogens is 1. The van der Waals surface area contributed by atoms with Gasteiger partial charge in [0.2, 0.25) is 5.91 Å². The highest BCUT2D eigenvalue weighted by Crippen LogP contribution is 2.19. The summed E-state index contributed by atoms with van der Waals surface area (Å²) in [5.41, 5.74) is 0.856. The second-order valence-electron chi connectivity index (χ2n) is 4.25. The van der Waals surface area contributed by atoms with Crippen LogP contribution in [0.15, 0.2) is 18.2 Å². The topological polar surface area (TPSA) is 33.2 Å². The molecule has 3 nitrogen and oxygen atoms in total. The third kappa shape index (κ3) is 2.53. The standard InChI is InChI=1S/C12H15ClN2O/c1-9-4-3-7-15(12(9)16)8-10-5-2-6-11(13)14-10/h2,5-6,9H,3-4,7-8H2,1H3. The van der Waals surface area contributed by atoms with Crippen LogP contribution in [0.2, 0.25) is 5.15 Å². The molecule has 1 aromatic heterocycles. The fourth-order valence-electron chi connectivity index (χ4n) is 2.02. The molecule has 1 saturated heterocycles. The number of likely N-dealkylation sites (tertiary alicyclic amines) is 1. The Bertz CT molecular complexity index is 394. The molecule has 1 amide bonds. The van der Waals surface area contributed by atoms with Gasteiger partial charge < -0.3 is 4.90 Å². The van der Waals surface area contributed by atoms with Crippen LogP contribution >= 0.6 is 11.6 Å². The molecule has 1 aliphatic rings. The van der Waals surface area contributed by atoms with Gasteiger partial charge in [0, 0.05) is 12.5 Å². The van der Waals surface area contributed by atoms with Crippen LogP contribution in [0.4, 0.5) is 0 Å². The number of hydrogen-bond donors (Lipinski definition) is 0. The van der Waals surface area contributed by atoms with Gasteiger partial charge in [0.05, 0.1) is 12.2 Å². The Morgan fingerprint density at radius 2 is 2.38 bits per heavy atom. The lowest BCUT2D eigenvalue weighted by Crippen LogP contribution is -2.39. The van der Waals surface area contributed by atoms with Gasteiger partial charge in [-0.05, 0) is 25.0 Å². The van der Waals surface area contributed by atoms with Crippen molar-refractivity contribution in [2.24, 2.45) is 5.92 Å². The molecular weight excluding hydrogens is 224 g/mol. The Morgan fingerprint density at radius 3 is 3.12 bits per heavy atom. The van der Waals surface area contributed by atoms with E-state index in [1.54, 1.807) is 6.07 Å². The van der Waals surface area contributed by atoms with Gasteiger partial charge in [0.25, 0.3) is 0 Å². The maximum Gasteiger partial charge on any atom is 0.225 e. The first-order chi connectivity index (χ1) is 7.66. The van der Waals surface area contributed by atoms with E-state index in [0.29, 0.717) is 11.7 Å². The quantitative estimate of drug-likeness (QED) is 0.742. The summed E-state index contributed by atoms with van der Waals surface area (Å²) in [6, 6.07) is 5.51. The molecule has 1 fully saturated rings. The fourth-order valence-corrected chi connectivity index (χ4v) is 2.21. The van der Waals surface area contributed by atoms with E-state index in [0.717, 1.165) is 25.1 Å². The first-order valence-electron chi connectivity index (χ1n) is 5.57. The van der Waals surface area contributed by atoms with Gasteiger partial charge in [-0.1, -0.05) is 24.6 Å². The van der Waals surface area contributed by atoms with E-state index in [1.165, 1.54) is 0 Å². The van der Waals surface area contributed by atoms with Crippen molar-refractivity contribution in [2.75, 3.05) is 6.54 Å². The smallest absolute Gasteiger partial charge is 0.225 e. The molecule has 1 atom stereocenters. The molecule has 2 heterocycles. The van der Waals surface area contributed by atoms with Crippen LogP contribution in [-0.2, 0) is 11.3 Å². The van der Waals surface area contributed by atoms with Crippen LogP contribution in [0.25, 0.3) is 0 Å². The van der Waals surface area contributed by atoms with E-state index in [-0.39, 0.29) is 11.8 Å². The summed E-state index contributed by atoms with van der Waals surface area (Å²) in [4.78, 5) is 17.9. The Balaban J connectivity index is 2.06. The Labute approximate surface area is 100 Å². The van der Waals surface area contributed by atoms with Gasteiger partial charge in [-0.3, -0.25) is 4.79 Å². The van der Waals surface area contributed by atoms with Crippen molar-refractivity contribution in [3.8, 4) is 0 Å².